The van der Waals surface area contributed by atoms with Crippen LogP contribution in [0.3, 0.4) is 0 Å². The number of aliphatic carboxylic acids is 1. The second-order valence-corrected chi connectivity index (χ2v) is 9.47. The zero-order chi connectivity index (χ0) is 22.4. The van der Waals surface area contributed by atoms with E-state index in [2.05, 4.69) is 64.8 Å². The maximum absolute atomic E-state index is 11.1. The van der Waals surface area contributed by atoms with Crippen molar-refractivity contribution in [3.63, 3.8) is 0 Å². The van der Waals surface area contributed by atoms with Crippen LogP contribution in [-0.2, 0) is 17.9 Å². The molecule has 0 aliphatic carbocycles. The summed E-state index contributed by atoms with van der Waals surface area (Å²) in [7, 11) is 0. The van der Waals surface area contributed by atoms with Crippen molar-refractivity contribution in [3.05, 3.63) is 53.5 Å². The first-order valence-electron chi connectivity index (χ1n) is 10.7. The molecule has 2 heterocycles. The lowest BCUT2D eigenvalue weighted by molar-refractivity contribution is -0.143. The molecule has 3 rings (SSSR count). The molecule has 1 fully saturated rings. The van der Waals surface area contributed by atoms with Gasteiger partial charge in [0.15, 0.2) is 0 Å². The fraction of sp³-hybridized carbons (Fsp3) is 0.500. The summed E-state index contributed by atoms with van der Waals surface area (Å²) in [6.45, 7) is 10.5. The molecule has 2 aromatic rings. The first kappa shape index (κ1) is 22.7. The first-order chi connectivity index (χ1) is 14.7. The topological polar surface area (TPSA) is 93.4 Å². The Morgan fingerprint density at radius 2 is 1.84 bits per heavy atom. The van der Waals surface area contributed by atoms with Crippen LogP contribution in [0.15, 0.2) is 36.5 Å². The van der Waals surface area contributed by atoms with Crippen molar-refractivity contribution in [1.82, 2.24) is 14.9 Å². The van der Waals surface area contributed by atoms with E-state index in [0.29, 0.717) is 6.54 Å². The molecule has 31 heavy (non-hydrogen) atoms. The molecule has 0 radical (unpaired) electrons. The number of hydrogen-bond donors (Lipinski definition) is 1. The first-order valence-corrected chi connectivity index (χ1v) is 10.7. The van der Waals surface area contributed by atoms with Gasteiger partial charge in [0, 0.05) is 25.8 Å². The monoisotopic (exact) mass is 421 g/mol. The third kappa shape index (κ3) is 6.76. The molecule has 7 nitrogen and oxygen atoms in total. The fourth-order valence-electron chi connectivity index (χ4n) is 3.94. The molecule has 1 aliphatic rings. The second kappa shape index (κ2) is 9.88. The number of carboxylic acids is 1. The SMILES string of the molecule is CC(C)(C)CN(Cc1ccc(CN2CCC(C(=O)O)CC2)cc1)c1ccnc(C#N)n1. The van der Waals surface area contributed by atoms with Gasteiger partial charge in [-0.2, -0.15) is 5.26 Å². The maximum Gasteiger partial charge on any atom is 0.306 e. The zero-order valence-electron chi connectivity index (χ0n) is 18.6. The van der Waals surface area contributed by atoms with Crippen LogP contribution in [0.4, 0.5) is 5.82 Å². The van der Waals surface area contributed by atoms with E-state index in [9.17, 15) is 4.79 Å². The summed E-state index contributed by atoms with van der Waals surface area (Å²) in [6, 6.07) is 12.4. The molecule has 1 aromatic heterocycles. The molecule has 0 bridgehead atoms. The maximum atomic E-state index is 11.1. The number of likely N-dealkylation sites (tertiary alicyclic amines) is 1. The van der Waals surface area contributed by atoms with E-state index >= 15 is 0 Å². The lowest BCUT2D eigenvalue weighted by atomic mass is 9.95. The quantitative estimate of drug-likeness (QED) is 0.728. The third-order valence-electron chi connectivity index (χ3n) is 5.47. The molecule has 0 spiro atoms. The molecule has 0 atom stereocenters. The van der Waals surface area contributed by atoms with Crippen molar-refractivity contribution in [2.45, 2.75) is 46.7 Å². The molecule has 1 saturated heterocycles. The van der Waals surface area contributed by atoms with E-state index in [0.717, 1.165) is 44.8 Å². The van der Waals surface area contributed by atoms with Crippen LogP contribution in [0, 0.1) is 22.7 Å². The Morgan fingerprint density at radius 3 is 2.42 bits per heavy atom. The molecule has 1 aromatic carbocycles. The van der Waals surface area contributed by atoms with Crippen LogP contribution >= 0.6 is 0 Å². The Balaban J connectivity index is 1.65. The average Bonchev–Trinajstić information content (AvgIpc) is 2.74. The number of nitriles is 1. The van der Waals surface area contributed by atoms with Crippen LogP contribution < -0.4 is 4.90 Å². The molecule has 0 saturated carbocycles. The summed E-state index contributed by atoms with van der Waals surface area (Å²) in [6.07, 6.45) is 3.07. The van der Waals surface area contributed by atoms with Gasteiger partial charge in [0.25, 0.3) is 0 Å². The van der Waals surface area contributed by atoms with Gasteiger partial charge in [-0.3, -0.25) is 9.69 Å². The molecular formula is C24H31N5O2. The van der Waals surface area contributed by atoms with Crippen LogP contribution in [-0.4, -0.2) is 45.6 Å². The third-order valence-corrected chi connectivity index (χ3v) is 5.47. The zero-order valence-corrected chi connectivity index (χ0v) is 18.6. The van der Waals surface area contributed by atoms with Crippen LogP contribution in [0.5, 0.6) is 0 Å². The number of nitrogens with zero attached hydrogens (tertiary/aromatic N) is 5. The lowest BCUT2D eigenvalue weighted by Gasteiger charge is -2.31. The van der Waals surface area contributed by atoms with E-state index in [1.54, 1.807) is 6.20 Å². The predicted octanol–water partition coefficient (Wildman–Crippen LogP) is 3.70. The normalized spacial score (nSPS) is 15.4. The highest BCUT2D eigenvalue weighted by Gasteiger charge is 2.24. The van der Waals surface area contributed by atoms with Crippen molar-refractivity contribution in [2.24, 2.45) is 11.3 Å². The van der Waals surface area contributed by atoms with Gasteiger partial charge in [0.1, 0.15) is 11.9 Å². The largest absolute Gasteiger partial charge is 0.481 e. The standard InChI is InChI=1S/C24H31N5O2/c1-24(2,3)17-29(22-8-11-26-21(14-25)27-22)16-19-6-4-18(5-7-19)15-28-12-9-20(10-13-28)23(30)31/h4-8,11,20H,9-10,12-13,15-17H2,1-3H3,(H,30,31). The van der Waals surface area contributed by atoms with Crippen LogP contribution in [0.2, 0.25) is 0 Å². The van der Waals surface area contributed by atoms with Crippen molar-refractivity contribution >= 4 is 11.8 Å². The molecule has 0 amide bonds. The van der Waals surface area contributed by atoms with Gasteiger partial charge in [-0.1, -0.05) is 45.0 Å². The minimum absolute atomic E-state index is 0.0692. The minimum atomic E-state index is -0.672. The number of piperidine rings is 1. The summed E-state index contributed by atoms with van der Waals surface area (Å²) < 4.78 is 0. The number of carboxylic acid groups (broad SMARTS) is 1. The van der Waals surface area contributed by atoms with Gasteiger partial charge >= 0.3 is 5.97 Å². The predicted molar refractivity (Wildman–Crippen MR) is 119 cm³/mol. The van der Waals surface area contributed by atoms with Crippen molar-refractivity contribution in [2.75, 3.05) is 24.5 Å². The Hall–Kier alpha value is -2.98. The van der Waals surface area contributed by atoms with E-state index in [1.807, 2.05) is 12.1 Å². The number of hydrogen-bond acceptors (Lipinski definition) is 6. The fourth-order valence-corrected chi connectivity index (χ4v) is 3.94. The number of benzene rings is 1. The average molecular weight is 422 g/mol. The Bertz CT molecular complexity index is 922. The van der Waals surface area contributed by atoms with Gasteiger partial charge in [-0.05, 0) is 48.5 Å². The van der Waals surface area contributed by atoms with Crippen molar-refractivity contribution in [3.8, 4) is 6.07 Å². The Morgan fingerprint density at radius 1 is 1.19 bits per heavy atom. The summed E-state index contributed by atoms with van der Waals surface area (Å²) in [5.74, 6) is 0.0652. The van der Waals surface area contributed by atoms with Gasteiger partial charge in [0.05, 0.1) is 5.92 Å². The summed E-state index contributed by atoms with van der Waals surface area (Å²) in [4.78, 5) is 24.0. The lowest BCUT2D eigenvalue weighted by Crippen LogP contribution is -2.35. The minimum Gasteiger partial charge on any atom is -0.481 e. The highest BCUT2D eigenvalue weighted by molar-refractivity contribution is 5.70. The number of aromatic nitrogens is 2. The van der Waals surface area contributed by atoms with E-state index < -0.39 is 5.97 Å². The summed E-state index contributed by atoms with van der Waals surface area (Å²) >= 11 is 0. The Labute approximate surface area is 184 Å². The second-order valence-electron chi connectivity index (χ2n) is 9.47. The van der Waals surface area contributed by atoms with Crippen molar-refractivity contribution < 1.29 is 9.90 Å². The van der Waals surface area contributed by atoms with Gasteiger partial charge < -0.3 is 10.0 Å². The van der Waals surface area contributed by atoms with Gasteiger partial charge in [0.2, 0.25) is 5.82 Å². The van der Waals surface area contributed by atoms with Crippen LogP contribution in [0.25, 0.3) is 0 Å². The highest BCUT2D eigenvalue weighted by Crippen LogP contribution is 2.23. The molecule has 1 N–H and O–H groups in total. The van der Waals surface area contributed by atoms with E-state index in [-0.39, 0.29) is 17.2 Å². The number of rotatable bonds is 7. The summed E-state index contributed by atoms with van der Waals surface area (Å²) in [5, 5.41) is 18.3. The molecule has 164 valence electrons. The van der Waals surface area contributed by atoms with E-state index in [1.165, 1.54) is 11.1 Å². The van der Waals surface area contributed by atoms with Gasteiger partial charge in [-0.15, -0.1) is 0 Å². The molecular weight excluding hydrogens is 390 g/mol. The van der Waals surface area contributed by atoms with Gasteiger partial charge in [-0.25, -0.2) is 9.97 Å². The molecule has 1 aliphatic heterocycles. The Kier molecular flexibility index (Phi) is 7.24. The molecule has 0 unspecified atom stereocenters. The highest BCUT2D eigenvalue weighted by atomic mass is 16.4. The number of carbonyl (C=O) groups is 1. The van der Waals surface area contributed by atoms with E-state index in [4.69, 9.17) is 10.4 Å². The van der Waals surface area contributed by atoms with Crippen molar-refractivity contribution in [1.29, 1.82) is 5.26 Å². The smallest absolute Gasteiger partial charge is 0.306 e. The summed E-state index contributed by atoms with van der Waals surface area (Å²) in [5.41, 5.74) is 2.48. The van der Waals surface area contributed by atoms with Crippen LogP contribution in [0.1, 0.15) is 50.6 Å². The number of anilines is 1. The molecule has 7 heteroatoms.